The van der Waals surface area contributed by atoms with E-state index in [0.717, 1.165) is 31.5 Å². The molecule has 1 heterocycles. The Balaban J connectivity index is 2.00. The SMILES string of the molecule is Cc1ccc(C(C)NC(=O)C(C)(C)C2CCCNC2)cc1. The number of carbonyl (C=O) groups is 1. The van der Waals surface area contributed by atoms with Crippen molar-refractivity contribution in [3.8, 4) is 0 Å². The molecule has 1 aromatic rings. The van der Waals surface area contributed by atoms with E-state index in [1.54, 1.807) is 0 Å². The van der Waals surface area contributed by atoms with Crippen LogP contribution in [0.5, 0.6) is 0 Å². The fraction of sp³-hybridized carbons (Fsp3) is 0.611. The van der Waals surface area contributed by atoms with Crippen LogP contribution in [0.2, 0.25) is 0 Å². The molecule has 21 heavy (non-hydrogen) atoms. The van der Waals surface area contributed by atoms with Gasteiger partial charge in [0.25, 0.3) is 0 Å². The third kappa shape index (κ3) is 3.85. The van der Waals surface area contributed by atoms with Gasteiger partial charge in [-0.2, -0.15) is 0 Å². The second-order valence-corrected chi connectivity index (χ2v) is 6.87. The van der Waals surface area contributed by atoms with Crippen LogP contribution in [0.4, 0.5) is 0 Å². The first-order chi connectivity index (χ1) is 9.91. The van der Waals surface area contributed by atoms with Gasteiger partial charge in [0.05, 0.1) is 6.04 Å². The van der Waals surface area contributed by atoms with Crippen molar-refractivity contribution >= 4 is 5.91 Å². The topological polar surface area (TPSA) is 41.1 Å². The Morgan fingerprint density at radius 2 is 2.00 bits per heavy atom. The predicted molar refractivity (Wildman–Crippen MR) is 87.1 cm³/mol. The summed E-state index contributed by atoms with van der Waals surface area (Å²) in [5.41, 5.74) is 2.07. The van der Waals surface area contributed by atoms with E-state index >= 15 is 0 Å². The third-order valence-electron chi connectivity index (χ3n) is 4.83. The number of rotatable bonds is 4. The standard InChI is InChI=1S/C18H28N2O/c1-13-7-9-15(10-8-13)14(2)20-17(21)18(3,4)16-6-5-11-19-12-16/h7-10,14,16,19H,5-6,11-12H2,1-4H3,(H,20,21). The average Bonchev–Trinajstić information content (AvgIpc) is 2.48. The van der Waals surface area contributed by atoms with E-state index < -0.39 is 0 Å². The van der Waals surface area contributed by atoms with Crippen LogP contribution in [0, 0.1) is 18.3 Å². The molecule has 1 aliphatic rings. The Labute approximate surface area is 128 Å². The molecule has 2 unspecified atom stereocenters. The molecule has 2 atom stereocenters. The molecule has 3 heteroatoms. The van der Waals surface area contributed by atoms with E-state index in [9.17, 15) is 4.79 Å². The van der Waals surface area contributed by atoms with E-state index in [4.69, 9.17) is 0 Å². The molecule has 1 fully saturated rings. The Kier molecular flexibility index (Phi) is 5.04. The van der Waals surface area contributed by atoms with E-state index in [2.05, 4.69) is 62.6 Å². The van der Waals surface area contributed by atoms with Crippen LogP contribution in [0.25, 0.3) is 0 Å². The lowest BCUT2D eigenvalue weighted by Gasteiger charge is -2.36. The highest BCUT2D eigenvalue weighted by Crippen LogP contribution is 2.32. The molecule has 0 spiro atoms. The minimum atomic E-state index is -0.327. The molecule has 1 aliphatic heterocycles. The van der Waals surface area contributed by atoms with Gasteiger partial charge in [-0.15, -0.1) is 0 Å². The molecule has 1 amide bonds. The molecular weight excluding hydrogens is 260 g/mol. The Morgan fingerprint density at radius 1 is 1.33 bits per heavy atom. The van der Waals surface area contributed by atoms with E-state index in [1.165, 1.54) is 5.56 Å². The predicted octanol–water partition coefficient (Wildman–Crippen LogP) is 3.20. The number of hydrogen-bond acceptors (Lipinski definition) is 2. The highest BCUT2D eigenvalue weighted by Gasteiger charge is 2.37. The van der Waals surface area contributed by atoms with Crippen LogP contribution in [0.1, 0.15) is 50.8 Å². The number of amides is 1. The minimum Gasteiger partial charge on any atom is -0.349 e. The van der Waals surface area contributed by atoms with Crippen molar-refractivity contribution < 1.29 is 4.79 Å². The van der Waals surface area contributed by atoms with Crippen LogP contribution in [0.15, 0.2) is 24.3 Å². The maximum atomic E-state index is 12.7. The van der Waals surface area contributed by atoms with Crippen molar-refractivity contribution in [1.82, 2.24) is 10.6 Å². The summed E-state index contributed by atoms with van der Waals surface area (Å²) in [6, 6.07) is 8.42. The lowest BCUT2D eigenvalue weighted by atomic mass is 9.74. The Morgan fingerprint density at radius 3 is 2.57 bits per heavy atom. The van der Waals surface area contributed by atoms with Gasteiger partial charge in [0.1, 0.15) is 0 Å². The number of nitrogens with one attached hydrogen (secondary N) is 2. The van der Waals surface area contributed by atoms with Gasteiger partial charge in [0, 0.05) is 5.41 Å². The van der Waals surface area contributed by atoms with E-state index in [-0.39, 0.29) is 17.4 Å². The van der Waals surface area contributed by atoms with E-state index in [1.807, 2.05) is 0 Å². The maximum Gasteiger partial charge on any atom is 0.226 e. The van der Waals surface area contributed by atoms with Gasteiger partial charge in [-0.1, -0.05) is 43.7 Å². The van der Waals surface area contributed by atoms with Crippen molar-refractivity contribution in [2.45, 2.75) is 46.6 Å². The quantitative estimate of drug-likeness (QED) is 0.893. The largest absolute Gasteiger partial charge is 0.349 e. The Bertz CT molecular complexity index is 472. The lowest BCUT2D eigenvalue weighted by molar-refractivity contribution is -0.133. The van der Waals surface area contributed by atoms with Crippen LogP contribution in [-0.2, 0) is 4.79 Å². The summed E-state index contributed by atoms with van der Waals surface area (Å²) in [5, 5.41) is 6.59. The molecule has 2 N–H and O–H groups in total. The molecule has 0 bridgehead atoms. The second kappa shape index (κ2) is 6.61. The summed E-state index contributed by atoms with van der Waals surface area (Å²) in [6.07, 6.45) is 2.29. The zero-order valence-electron chi connectivity index (χ0n) is 13.7. The first-order valence-electron chi connectivity index (χ1n) is 7.99. The highest BCUT2D eigenvalue weighted by atomic mass is 16.2. The molecular formula is C18H28N2O. The van der Waals surface area contributed by atoms with Crippen molar-refractivity contribution in [3.63, 3.8) is 0 Å². The normalized spacial score (nSPS) is 20.9. The second-order valence-electron chi connectivity index (χ2n) is 6.87. The molecule has 116 valence electrons. The van der Waals surface area contributed by atoms with Crippen LogP contribution in [-0.4, -0.2) is 19.0 Å². The number of piperidine rings is 1. The summed E-state index contributed by atoms with van der Waals surface area (Å²) in [4.78, 5) is 12.7. The molecule has 0 saturated carbocycles. The minimum absolute atomic E-state index is 0.0499. The van der Waals surface area contributed by atoms with Gasteiger partial charge in [-0.25, -0.2) is 0 Å². The Hall–Kier alpha value is -1.35. The molecule has 3 nitrogen and oxygen atoms in total. The molecule has 0 aromatic heterocycles. The first kappa shape index (κ1) is 16.0. The van der Waals surface area contributed by atoms with Gasteiger partial charge in [-0.05, 0) is 51.3 Å². The van der Waals surface area contributed by atoms with Gasteiger partial charge in [-0.3, -0.25) is 4.79 Å². The van der Waals surface area contributed by atoms with Crippen molar-refractivity contribution in [1.29, 1.82) is 0 Å². The molecule has 1 saturated heterocycles. The highest BCUT2D eigenvalue weighted by molar-refractivity contribution is 5.82. The molecule has 1 aromatic carbocycles. The number of aryl methyl sites for hydroxylation is 1. The first-order valence-corrected chi connectivity index (χ1v) is 7.99. The fourth-order valence-corrected chi connectivity index (χ4v) is 2.97. The summed E-state index contributed by atoms with van der Waals surface area (Å²) >= 11 is 0. The van der Waals surface area contributed by atoms with Crippen molar-refractivity contribution in [2.24, 2.45) is 11.3 Å². The van der Waals surface area contributed by atoms with Crippen molar-refractivity contribution in [2.75, 3.05) is 13.1 Å². The van der Waals surface area contributed by atoms with Crippen LogP contribution < -0.4 is 10.6 Å². The molecule has 0 aliphatic carbocycles. The molecule has 0 radical (unpaired) electrons. The number of carbonyl (C=O) groups excluding carboxylic acids is 1. The van der Waals surface area contributed by atoms with Gasteiger partial charge < -0.3 is 10.6 Å². The lowest BCUT2D eigenvalue weighted by Crippen LogP contribution is -2.47. The zero-order chi connectivity index (χ0) is 15.5. The van der Waals surface area contributed by atoms with Gasteiger partial charge in [0.2, 0.25) is 5.91 Å². The van der Waals surface area contributed by atoms with Gasteiger partial charge >= 0.3 is 0 Å². The van der Waals surface area contributed by atoms with Crippen LogP contribution >= 0.6 is 0 Å². The van der Waals surface area contributed by atoms with Gasteiger partial charge in [0.15, 0.2) is 0 Å². The van der Waals surface area contributed by atoms with E-state index in [0.29, 0.717) is 5.92 Å². The average molecular weight is 288 g/mol. The number of hydrogen-bond donors (Lipinski definition) is 2. The monoisotopic (exact) mass is 288 g/mol. The fourth-order valence-electron chi connectivity index (χ4n) is 2.97. The maximum absolute atomic E-state index is 12.7. The summed E-state index contributed by atoms with van der Waals surface area (Å²) in [6.45, 7) is 10.3. The van der Waals surface area contributed by atoms with Crippen molar-refractivity contribution in [3.05, 3.63) is 35.4 Å². The summed E-state index contributed by atoms with van der Waals surface area (Å²) < 4.78 is 0. The summed E-state index contributed by atoms with van der Waals surface area (Å²) in [7, 11) is 0. The smallest absolute Gasteiger partial charge is 0.226 e. The third-order valence-corrected chi connectivity index (χ3v) is 4.83. The molecule has 2 rings (SSSR count). The summed E-state index contributed by atoms with van der Waals surface area (Å²) in [5.74, 6) is 0.570. The zero-order valence-corrected chi connectivity index (χ0v) is 13.7. The van der Waals surface area contributed by atoms with Crippen LogP contribution in [0.3, 0.4) is 0 Å². The number of benzene rings is 1.